The van der Waals surface area contributed by atoms with Crippen LogP contribution in [-0.4, -0.2) is 9.97 Å². The number of hydrogen-bond donors (Lipinski definition) is 2. The lowest BCUT2D eigenvalue weighted by Gasteiger charge is -2.10. The maximum Gasteiger partial charge on any atom is 0.224 e. The van der Waals surface area contributed by atoms with Crippen molar-refractivity contribution in [2.24, 2.45) is 0 Å². The molecule has 1 aromatic heterocycles. The molecule has 0 saturated carbocycles. The lowest BCUT2D eigenvalue weighted by atomic mass is 10.1. The van der Waals surface area contributed by atoms with E-state index in [0.29, 0.717) is 34.0 Å². The number of rotatable bonds is 5. The third-order valence-corrected chi connectivity index (χ3v) is 4.22. The van der Waals surface area contributed by atoms with Crippen LogP contribution in [0.5, 0.6) is 0 Å². The largest absolute Gasteiger partial charge is 0.350 e. The molecule has 2 aromatic carbocycles. The van der Waals surface area contributed by atoms with E-state index in [1.807, 2.05) is 18.2 Å². The third kappa shape index (κ3) is 4.16. The molecule has 2 N–H and O–H groups in total. The van der Waals surface area contributed by atoms with Gasteiger partial charge in [0.2, 0.25) is 5.95 Å². The van der Waals surface area contributed by atoms with Gasteiger partial charge in [-0.2, -0.15) is 4.98 Å². The van der Waals surface area contributed by atoms with E-state index in [2.05, 4.69) is 45.7 Å². The predicted octanol–water partition coefficient (Wildman–Crippen LogP) is 5.45. The number of aromatic nitrogens is 2. The summed E-state index contributed by atoms with van der Waals surface area (Å²) in [7, 11) is 0. The van der Waals surface area contributed by atoms with Crippen LogP contribution >= 0.6 is 23.2 Å². The number of hydrogen-bond acceptors (Lipinski definition) is 4. The van der Waals surface area contributed by atoms with Crippen LogP contribution in [0.3, 0.4) is 0 Å². The summed E-state index contributed by atoms with van der Waals surface area (Å²) in [6, 6.07) is 15.5. The summed E-state index contributed by atoms with van der Waals surface area (Å²) in [5, 5.41) is 7.33. The van der Waals surface area contributed by atoms with E-state index in [4.69, 9.17) is 23.2 Å². The van der Waals surface area contributed by atoms with Gasteiger partial charge in [0.1, 0.15) is 5.82 Å². The Balaban J connectivity index is 1.71. The van der Waals surface area contributed by atoms with Crippen LogP contribution in [0.1, 0.15) is 11.1 Å². The summed E-state index contributed by atoms with van der Waals surface area (Å²) in [5.41, 5.74) is 3.10. The zero-order valence-corrected chi connectivity index (χ0v) is 14.6. The average molecular weight is 359 g/mol. The fourth-order valence-corrected chi connectivity index (χ4v) is 2.60. The maximum absolute atomic E-state index is 6.19. The number of anilines is 3. The van der Waals surface area contributed by atoms with Crippen LogP contribution in [0.4, 0.5) is 17.5 Å². The molecule has 0 atom stereocenters. The molecule has 0 aliphatic rings. The van der Waals surface area contributed by atoms with E-state index in [-0.39, 0.29) is 0 Å². The van der Waals surface area contributed by atoms with Crippen molar-refractivity contribution in [2.45, 2.75) is 13.5 Å². The normalized spacial score (nSPS) is 10.5. The maximum atomic E-state index is 6.19. The molecule has 1 heterocycles. The molecular formula is C18H16Cl2N4. The SMILES string of the molecule is Cc1cccc(CNc2nccc(Nc3cccc(Cl)c3Cl)n2)c1. The fraction of sp³-hybridized carbons (Fsp3) is 0.111. The molecule has 122 valence electrons. The Labute approximate surface area is 150 Å². The van der Waals surface area contributed by atoms with E-state index in [9.17, 15) is 0 Å². The Hall–Kier alpha value is -2.30. The van der Waals surface area contributed by atoms with Gasteiger partial charge in [-0.25, -0.2) is 4.98 Å². The molecule has 0 amide bonds. The topological polar surface area (TPSA) is 49.8 Å². The second-order valence-corrected chi connectivity index (χ2v) is 6.12. The zero-order valence-electron chi connectivity index (χ0n) is 13.1. The monoisotopic (exact) mass is 358 g/mol. The van der Waals surface area contributed by atoms with E-state index in [0.717, 1.165) is 0 Å². The van der Waals surface area contributed by atoms with E-state index in [1.165, 1.54) is 11.1 Å². The Morgan fingerprint density at radius 1 is 1.04 bits per heavy atom. The van der Waals surface area contributed by atoms with Gasteiger partial charge in [0.05, 0.1) is 15.7 Å². The van der Waals surface area contributed by atoms with Crippen molar-refractivity contribution in [1.29, 1.82) is 0 Å². The van der Waals surface area contributed by atoms with Gasteiger partial charge in [0.15, 0.2) is 0 Å². The lowest BCUT2D eigenvalue weighted by Crippen LogP contribution is -2.05. The van der Waals surface area contributed by atoms with Gasteiger partial charge in [0, 0.05) is 12.7 Å². The second-order valence-electron chi connectivity index (χ2n) is 5.33. The van der Waals surface area contributed by atoms with Crippen molar-refractivity contribution < 1.29 is 0 Å². The van der Waals surface area contributed by atoms with Crippen LogP contribution < -0.4 is 10.6 Å². The number of aryl methyl sites for hydroxylation is 1. The van der Waals surface area contributed by atoms with Gasteiger partial charge in [-0.3, -0.25) is 0 Å². The molecule has 0 unspecified atom stereocenters. The highest BCUT2D eigenvalue weighted by Gasteiger charge is 2.06. The van der Waals surface area contributed by atoms with Gasteiger partial charge >= 0.3 is 0 Å². The van der Waals surface area contributed by atoms with Crippen molar-refractivity contribution in [1.82, 2.24) is 9.97 Å². The minimum absolute atomic E-state index is 0.465. The van der Waals surface area contributed by atoms with E-state index in [1.54, 1.807) is 18.3 Å². The molecule has 3 rings (SSSR count). The quantitative estimate of drug-likeness (QED) is 0.636. The average Bonchev–Trinajstić information content (AvgIpc) is 2.58. The van der Waals surface area contributed by atoms with Gasteiger partial charge in [-0.05, 0) is 30.7 Å². The van der Waals surface area contributed by atoms with Crippen LogP contribution in [0.15, 0.2) is 54.7 Å². The summed E-state index contributed by atoms with van der Waals surface area (Å²) in [5.74, 6) is 1.18. The molecular weight excluding hydrogens is 343 g/mol. The zero-order chi connectivity index (χ0) is 16.9. The lowest BCUT2D eigenvalue weighted by molar-refractivity contribution is 1.05. The molecule has 3 aromatic rings. The van der Waals surface area contributed by atoms with Crippen molar-refractivity contribution in [3.05, 3.63) is 75.9 Å². The van der Waals surface area contributed by atoms with Crippen molar-refractivity contribution in [3.63, 3.8) is 0 Å². The van der Waals surface area contributed by atoms with Gasteiger partial charge in [-0.1, -0.05) is 59.1 Å². The molecule has 0 aliphatic carbocycles. The van der Waals surface area contributed by atoms with Crippen LogP contribution in [-0.2, 0) is 6.54 Å². The second kappa shape index (κ2) is 7.51. The van der Waals surface area contributed by atoms with Crippen LogP contribution in [0, 0.1) is 6.92 Å². The first-order valence-corrected chi connectivity index (χ1v) is 8.21. The Kier molecular flexibility index (Phi) is 5.18. The number of benzene rings is 2. The number of halogens is 2. The summed E-state index contributed by atoms with van der Waals surface area (Å²) < 4.78 is 0. The van der Waals surface area contributed by atoms with E-state index >= 15 is 0 Å². The number of nitrogens with zero attached hydrogens (tertiary/aromatic N) is 2. The Bertz CT molecular complexity index is 852. The number of nitrogens with one attached hydrogen (secondary N) is 2. The molecule has 0 fully saturated rings. The molecule has 6 heteroatoms. The minimum Gasteiger partial charge on any atom is -0.350 e. The highest BCUT2D eigenvalue weighted by Crippen LogP contribution is 2.31. The molecule has 4 nitrogen and oxygen atoms in total. The minimum atomic E-state index is 0.465. The first-order valence-electron chi connectivity index (χ1n) is 7.45. The molecule has 24 heavy (non-hydrogen) atoms. The Morgan fingerprint density at radius 3 is 2.71 bits per heavy atom. The fourth-order valence-electron chi connectivity index (χ4n) is 2.26. The van der Waals surface area contributed by atoms with Crippen molar-refractivity contribution >= 4 is 40.7 Å². The predicted molar refractivity (Wildman–Crippen MR) is 100 cm³/mol. The van der Waals surface area contributed by atoms with Gasteiger partial charge in [0.25, 0.3) is 0 Å². The summed E-state index contributed by atoms with van der Waals surface area (Å²) >= 11 is 12.2. The summed E-state index contributed by atoms with van der Waals surface area (Å²) in [4.78, 5) is 8.68. The molecule has 0 radical (unpaired) electrons. The highest BCUT2D eigenvalue weighted by molar-refractivity contribution is 6.43. The smallest absolute Gasteiger partial charge is 0.224 e. The molecule has 0 saturated heterocycles. The highest BCUT2D eigenvalue weighted by atomic mass is 35.5. The van der Waals surface area contributed by atoms with Crippen molar-refractivity contribution in [3.8, 4) is 0 Å². The van der Waals surface area contributed by atoms with Gasteiger partial charge < -0.3 is 10.6 Å². The summed E-state index contributed by atoms with van der Waals surface area (Å²) in [6.45, 7) is 2.72. The van der Waals surface area contributed by atoms with Gasteiger partial charge in [-0.15, -0.1) is 0 Å². The standard InChI is InChI=1S/C18H16Cl2N4/c1-12-4-2-5-13(10-12)11-22-18-21-9-8-16(24-18)23-15-7-3-6-14(19)17(15)20/h2-10H,11H2,1H3,(H2,21,22,23,24). The van der Waals surface area contributed by atoms with E-state index < -0.39 is 0 Å². The first kappa shape index (κ1) is 16.6. The first-order chi connectivity index (χ1) is 11.6. The third-order valence-electron chi connectivity index (χ3n) is 3.40. The Morgan fingerprint density at radius 2 is 1.88 bits per heavy atom. The summed E-state index contributed by atoms with van der Waals surface area (Å²) in [6.07, 6.45) is 1.69. The molecule has 0 spiro atoms. The van der Waals surface area contributed by atoms with Crippen LogP contribution in [0.25, 0.3) is 0 Å². The molecule has 0 bridgehead atoms. The van der Waals surface area contributed by atoms with Crippen LogP contribution in [0.2, 0.25) is 10.0 Å². The van der Waals surface area contributed by atoms with Crippen molar-refractivity contribution in [2.75, 3.05) is 10.6 Å². The molecule has 0 aliphatic heterocycles.